The van der Waals surface area contributed by atoms with E-state index >= 15 is 0 Å². The quantitative estimate of drug-likeness (QED) is 0.453. The number of hydrogen-bond donors (Lipinski definition) is 0. The van der Waals surface area contributed by atoms with E-state index in [9.17, 15) is 9.59 Å². The molecule has 0 aromatic heterocycles. The first-order valence-electron chi connectivity index (χ1n) is 6.66. The largest absolute Gasteiger partial charge is 0.426 e. The Morgan fingerprint density at radius 2 is 2.15 bits per heavy atom. The predicted octanol–water partition coefficient (Wildman–Crippen LogP) is 3.13. The van der Waals surface area contributed by atoms with Gasteiger partial charge in [0.05, 0.1) is 11.6 Å². The lowest BCUT2D eigenvalue weighted by atomic mass is 9.85. The molecule has 106 valence electrons. The number of carbonyl (C=O) groups is 2. The molecule has 0 fully saturated rings. The Morgan fingerprint density at radius 1 is 1.45 bits per heavy atom. The maximum atomic E-state index is 11.7. The van der Waals surface area contributed by atoms with Crippen LogP contribution in [0.4, 0.5) is 0 Å². The lowest BCUT2D eigenvalue weighted by molar-refractivity contribution is -0.134. The third-order valence-corrected chi connectivity index (χ3v) is 3.06. The summed E-state index contributed by atoms with van der Waals surface area (Å²) in [5.74, 6) is 0.0294. The molecule has 0 saturated carbocycles. The predicted molar refractivity (Wildman–Crippen MR) is 75.4 cm³/mol. The molecule has 20 heavy (non-hydrogen) atoms. The van der Waals surface area contributed by atoms with E-state index in [0.717, 1.165) is 19.1 Å². The Kier molecular flexibility index (Phi) is 5.45. The van der Waals surface area contributed by atoms with Crippen molar-refractivity contribution in [3.63, 3.8) is 0 Å². The van der Waals surface area contributed by atoms with E-state index in [4.69, 9.17) is 10.00 Å². The fraction of sp³-hybridized carbons (Fsp3) is 0.438. The highest BCUT2D eigenvalue weighted by molar-refractivity contribution is 5.75. The molecule has 0 heterocycles. The zero-order valence-corrected chi connectivity index (χ0v) is 12.1. The first-order valence-corrected chi connectivity index (χ1v) is 6.66. The molecule has 0 radical (unpaired) electrons. The van der Waals surface area contributed by atoms with Crippen LogP contribution in [-0.2, 0) is 15.0 Å². The maximum Gasteiger partial charge on any atom is 0.311 e. The fourth-order valence-corrected chi connectivity index (χ4v) is 1.75. The van der Waals surface area contributed by atoms with Gasteiger partial charge in [0.15, 0.2) is 0 Å². The standard InChI is InChI=1S/C16H19NO3/c1-4-5-6-15(19)20-14-8-7-12(10-17)9-13(14)16(2,3)11-18/h7-9,11H,4-6H2,1-3H3. The topological polar surface area (TPSA) is 67.2 Å². The molecule has 0 spiro atoms. The number of esters is 1. The van der Waals surface area contributed by atoms with E-state index in [-0.39, 0.29) is 5.97 Å². The normalized spacial score (nSPS) is 10.7. The van der Waals surface area contributed by atoms with Crippen LogP contribution in [-0.4, -0.2) is 12.3 Å². The lowest BCUT2D eigenvalue weighted by Crippen LogP contribution is -2.21. The number of carbonyl (C=O) groups excluding carboxylic acids is 2. The van der Waals surface area contributed by atoms with Crippen molar-refractivity contribution in [2.75, 3.05) is 0 Å². The highest BCUT2D eigenvalue weighted by Crippen LogP contribution is 2.31. The summed E-state index contributed by atoms with van der Waals surface area (Å²) < 4.78 is 5.33. The summed E-state index contributed by atoms with van der Waals surface area (Å²) in [6, 6.07) is 6.76. The molecule has 0 amide bonds. The molecule has 0 aliphatic rings. The number of hydrogen-bond acceptors (Lipinski definition) is 4. The summed E-state index contributed by atoms with van der Waals surface area (Å²) in [5, 5.41) is 8.94. The molecule has 0 N–H and O–H groups in total. The van der Waals surface area contributed by atoms with Crippen molar-refractivity contribution >= 4 is 12.3 Å². The molecule has 1 rings (SSSR count). The van der Waals surface area contributed by atoms with Crippen LogP contribution in [0.5, 0.6) is 5.75 Å². The van der Waals surface area contributed by atoms with Crippen molar-refractivity contribution in [1.29, 1.82) is 5.26 Å². The Bertz CT molecular complexity index is 541. The van der Waals surface area contributed by atoms with Gasteiger partial charge < -0.3 is 9.53 Å². The van der Waals surface area contributed by atoms with Gasteiger partial charge in [-0.3, -0.25) is 4.79 Å². The molecule has 0 bridgehead atoms. The zero-order valence-electron chi connectivity index (χ0n) is 12.1. The molecular formula is C16H19NO3. The Labute approximate surface area is 119 Å². The van der Waals surface area contributed by atoms with Gasteiger partial charge in [-0.15, -0.1) is 0 Å². The van der Waals surface area contributed by atoms with Gasteiger partial charge in [-0.2, -0.15) is 5.26 Å². The second-order valence-corrected chi connectivity index (χ2v) is 5.24. The van der Waals surface area contributed by atoms with Gasteiger partial charge in [0, 0.05) is 17.4 Å². The highest BCUT2D eigenvalue weighted by Gasteiger charge is 2.25. The van der Waals surface area contributed by atoms with Crippen LogP contribution in [0.1, 0.15) is 51.2 Å². The number of nitriles is 1. The molecule has 0 aliphatic carbocycles. The summed E-state index contributed by atoms with van der Waals surface area (Å²) in [5.41, 5.74) is 0.174. The molecule has 4 nitrogen and oxygen atoms in total. The Hall–Kier alpha value is -2.15. The van der Waals surface area contributed by atoms with Gasteiger partial charge in [-0.25, -0.2) is 0 Å². The third-order valence-electron chi connectivity index (χ3n) is 3.06. The minimum Gasteiger partial charge on any atom is -0.426 e. The third kappa shape index (κ3) is 3.92. The van der Waals surface area contributed by atoms with E-state index in [1.54, 1.807) is 32.0 Å². The highest BCUT2D eigenvalue weighted by atomic mass is 16.5. The van der Waals surface area contributed by atoms with Gasteiger partial charge in [0.25, 0.3) is 0 Å². The SMILES string of the molecule is CCCCC(=O)Oc1ccc(C#N)cc1C(C)(C)C=O. The fourth-order valence-electron chi connectivity index (χ4n) is 1.75. The van der Waals surface area contributed by atoms with E-state index in [0.29, 0.717) is 23.3 Å². The minimum atomic E-state index is -0.812. The number of unbranched alkanes of at least 4 members (excludes halogenated alkanes) is 1. The Balaban J connectivity index is 3.10. The second-order valence-electron chi connectivity index (χ2n) is 5.24. The van der Waals surface area contributed by atoms with E-state index in [1.807, 2.05) is 13.0 Å². The van der Waals surface area contributed by atoms with Gasteiger partial charge in [0.2, 0.25) is 0 Å². The summed E-state index contributed by atoms with van der Waals surface area (Å²) in [7, 11) is 0. The molecular weight excluding hydrogens is 254 g/mol. The van der Waals surface area contributed by atoms with Gasteiger partial charge in [-0.1, -0.05) is 13.3 Å². The van der Waals surface area contributed by atoms with Crippen LogP contribution in [0.2, 0.25) is 0 Å². The Morgan fingerprint density at radius 3 is 2.70 bits per heavy atom. The van der Waals surface area contributed by atoms with Crippen molar-refractivity contribution < 1.29 is 14.3 Å². The molecule has 0 aliphatic heterocycles. The second kappa shape index (κ2) is 6.85. The van der Waals surface area contributed by atoms with Crippen molar-refractivity contribution in [3.05, 3.63) is 29.3 Å². The summed E-state index contributed by atoms with van der Waals surface area (Å²) >= 11 is 0. The van der Waals surface area contributed by atoms with Gasteiger partial charge in [0.1, 0.15) is 12.0 Å². The van der Waals surface area contributed by atoms with Crippen LogP contribution < -0.4 is 4.74 Å². The summed E-state index contributed by atoms with van der Waals surface area (Å²) in [4.78, 5) is 22.9. The molecule has 1 aromatic carbocycles. The van der Waals surface area contributed by atoms with E-state index < -0.39 is 5.41 Å². The van der Waals surface area contributed by atoms with Crippen molar-refractivity contribution in [2.24, 2.45) is 0 Å². The first-order chi connectivity index (χ1) is 9.44. The van der Waals surface area contributed by atoms with Crippen LogP contribution in [0.25, 0.3) is 0 Å². The number of benzene rings is 1. The van der Waals surface area contributed by atoms with Crippen molar-refractivity contribution in [3.8, 4) is 11.8 Å². The number of ether oxygens (including phenoxy) is 1. The molecule has 4 heteroatoms. The number of aldehydes is 1. The van der Waals surface area contributed by atoms with E-state index in [1.165, 1.54) is 0 Å². The number of rotatable bonds is 6. The lowest BCUT2D eigenvalue weighted by Gasteiger charge is -2.21. The number of nitrogens with zero attached hydrogens (tertiary/aromatic N) is 1. The molecule has 0 unspecified atom stereocenters. The first kappa shape index (κ1) is 15.9. The molecule has 0 atom stereocenters. The van der Waals surface area contributed by atoms with Crippen LogP contribution in [0, 0.1) is 11.3 Å². The molecule has 0 saturated heterocycles. The van der Waals surface area contributed by atoms with Crippen LogP contribution >= 0.6 is 0 Å². The van der Waals surface area contributed by atoms with Gasteiger partial charge >= 0.3 is 5.97 Å². The summed E-state index contributed by atoms with van der Waals surface area (Å²) in [6.45, 7) is 5.44. The van der Waals surface area contributed by atoms with E-state index in [2.05, 4.69) is 0 Å². The maximum absolute atomic E-state index is 11.7. The van der Waals surface area contributed by atoms with Crippen molar-refractivity contribution in [2.45, 2.75) is 45.4 Å². The average Bonchev–Trinajstić information content (AvgIpc) is 2.45. The zero-order chi connectivity index (χ0) is 15.2. The summed E-state index contributed by atoms with van der Waals surface area (Å²) in [6.07, 6.45) is 2.81. The van der Waals surface area contributed by atoms with Crippen LogP contribution in [0.15, 0.2) is 18.2 Å². The van der Waals surface area contributed by atoms with Crippen LogP contribution in [0.3, 0.4) is 0 Å². The monoisotopic (exact) mass is 273 g/mol. The van der Waals surface area contributed by atoms with Crippen molar-refractivity contribution in [1.82, 2.24) is 0 Å². The van der Waals surface area contributed by atoms with Gasteiger partial charge in [-0.05, 0) is 38.5 Å². The average molecular weight is 273 g/mol. The molecule has 1 aromatic rings. The smallest absolute Gasteiger partial charge is 0.311 e. The minimum absolute atomic E-state index is 0.320.